The van der Waals surface area contributed by atoms with Gasteiger partial charge in [0, 0.05) is 6.04 Å². The Kier molecular flexibility index (Phi) is 5.15. The van der Waals surface area contributed by atoms with Gasteiger partial charge < -0.3 is 5.32 Å². The second-order valence-electron chi connectivity index (χ2n) is 6.02. The number of rotatable bonds is 4. The second kappa shape index (κ2) is 6.64. The Bertz CT molecular complexity index is 184. The van der Waals surface area contributed by atoms with E-state index in [1.807, 2.05) is 0 Å². The summed E-state index contributed by atoms with van der Waals surface area (Å²) in [6.07, 6.45) is 16.4. The molecule has 2 aliphatic carbocycles. The maximum atomic E-state index is 3.54. The zero-order valence-corrected chi connectivity index (χ0v) is 11.0. The highest BCUT2D eigenvalue weighted by Gasteiger charge is 2.24. The fraction of sp³-hybridized carbons (Fsp3) is 1.00. The highest BCUT2D eigenvalue weighted by atomic mass is 14.9. The van der Waals surface area contributed by atoms with Gasteiger partial charge in [0.2, 0.25) is 0 Å². The molecule has 0 aliphatic heterocycles. The molecule has 0 heterocycles. The van der Waals surface area contributed by atoms with Crippen molar-refractivity contribution in [1.82, 2.24) is 5.32 Å². The standard InChI is InChI=1S/C15H29N/c1-16-15-10-6-5-9-14(15)12-11-13-7-3-2-4-8-13/h13-16H,2-12H2,1H3. The Morgan fingerprint density at radius 2 is 1.50 bits per heavy atom. The summed E-state index contributed by atoms with van der Waals surface area (Å²) in [4.78, 5) is 0. The summed E-state index contributed by atoms with van der Waals surface area (Å²) in [5.41, 5.74) is 0. The molecule has 2 rings (SSSR count). The van der Waals surface area contributed by atoms with Crippen LogP contribution in [0.1, 0.15) is 70.6 Å². The Labute approximate surface area is 101 Å². The van der Waals surface area contributed by atoms with Gasteiger partial charge in [-0.05, 0) is 38.1 Å². The van der Waals surface area contributed by atoms with Crippen LogP contribution < -0.4 is 5.32 Å². The number of nitrogens with one attached hydrogen (secondary N) is 1. The van der Waals surface area contributed by atoms with Gasteiger partial charge in [-0.15, -0.1) is 0 Å². The van der Waals surface area contributed by atoms with Gasteiger partial charge in [-0.3, -0.25) is 0 Å². The minimum Gasteiger partial charge on any atom is -0.317 e. The van der Waals surface area contributed by atoms with Crippen LogP contribution in [-0.2, 0) is 0 Å². The topological polar surface area (TPSA) is 12.0 Å². The molecule has 1 N–H and O–H groups in total. The fourth-order valence-corrected chi connectivity index (χ4v) is 3.86. The molecule has 94 valence electrons. The van der Waals surface area contributed by atoms with E-state index in [1.54, 1.807) is 0 Å². The van der Waals surface area contributed by atoms with Crippen LogP contribution in [0.4, 0.5) is 0 Å². The molecule has 0 aromatic heterocycles. The van der Waals surface area contributed by atoms with Crippen LogP contribution >= 0.6 is 0 Å². The zero-order chi connectivity index (χ0) is 11.2. The lowest BCUT2D eigenvalue weighted by atomic mass is 9.78. The van der Waals surface area contributed by atoms with Crippen molar-refractivity contribution >= 4 is 0 Å². The minimum atomic E-state index is 0.831. The quantitative estimate of drug-likeness (QED) is 0.756. The van der Waals surface area contributed by atoms with Gasteiger partial charge in [-0.2, -0.15) is 0 Å². The molecular formula is C15H29N. The molecule has 2 saturated carbocycles. The predicted octanol–water partition coefficient (Wildman–Crippen LogP) is 4.13. The molecule has 16 heavy (non-hydrogen) atoms. The molecule has 1 nitrogen and oxygen atoms in total. The van der Waals surface area contributed by atoms with E-state index in [1.165, 1.54) is 70.6 Å². The predicted molar refractivity (Wildman–Crippen MR) is 70.6 cm³/mol. The molecule has 0 bridgehead atoms. The lowest BCUT2D eigenvalue weighted by molar-refractivity contribution is 0.229. The normalized spacial score (nSPS) is 32.8. The Balaban J connectivity index is 1.70. The van der Waals surface area contributed by atoms with E-state index in [0.717, 1.165) is 17.9 Å². The number of hydrogen-bond acceptors (Lipinski definition) is 1. The first-order valence-electron chi connectivity index (χ1n) is 7.57. The molecule has 0 radical (unpaired) electrons. The maximum Gasteiger partial charge on any atom is 0.00923 e. The summed E-state index contributed by atoms with van der Waals surface area (Å²) in [6, 6.07) is 0.831. The molecule has 0 aromatic carbocycles. The van der Waals surface area contributed by atoms with Gasteiger partial charge in [-0.25, -0.2) is 0 Å². The first-order valence-corrected chi connectivity index (χ1v) is 7.57. The number of hydrogen-bond donors (Lipinski definition) is 1. The molecule has 0 spiro atoms. The highest BCUT2D eigenvalue weighted by molar-refractivity contribution is 4.80. The van der Waals surface area contributed by atoms with Crippen molar-refractivity contribution in [1.29, 1.82) is 0 Å². The lowest BCUT2D eigenvalue weighted by Gasteiger charge is -2.33. The lowest BCUT2D eigenvalue weighted by Crippen LogP contribution is -2.36. The average Bonchev–Trinajstić information content (AvgIpc) is 2.38. The summed E-state index contributed by atoms with van der Waals surface area (Å²) in [5.74, 6) is 2.06. The van der Waals surface area contributed by atoms with Crippen molar-refractivity contribution in [3.63, 3.8) is 0 Å². The zero-order valence-electron chi connectivity index (χ0n) is 11.0. The summed E-state index contributed by atoms with van der Waals surface area (Å²) in [7, 11) is 2.16. The second-order valence-corrected chi connectivity index (χ2v) is 6.02. The van der Waals surface area contributed by atoms with Gasteiger partial charge in [0.05, 0.1) is 0 Å². The van der Waals surface area contributed by atoms with Crippen LogP contribution in [0.15, 0.2) is 0 Å². The Hall–Kier alpha value is -0.0400. The van der Waals surface area contributed by atoms with E-state index < -0.39 is 0 Å². The van der Waals surface area contributed by atoms with Crippen molar-refractivity contribution < 1.29 is 0 Å². The molecule has 2 atom stereocenters. The van der Waals surface area contributed by atoms with E-state index in [9.17, 15) is 0 Å². The smallest absolute Gasteiger partial charge is 0.00923 e. The molecule has 0 amide bonds. The van der Waals surface area contributed by atoms with E-state index in [-0.39, 0.29) is 0 Å². The van der Waals surface area contributed by atoms with Gasteiger partial charge in [0.15, 0.2) is 0 Å². The first-order chi connectivity index (χ1) is 7.90. The van der Waals surface area contributed by atoms with Crippen LogP contribution in [-0.4, -0.2) is 13.1 Å². The first kappa shape index (κ1) is 12.4. The molecule has 2 unspecified atom stereocenters. The Morgan fingerprint density at radius 1 is 0.812 bits per heavy atom. The van der Waals surface area contributed by atoms with Gasteiger partial charge in [-0.1, -0.05) is 51.4 Å². The maximum absolute atomic E-state index is 3.54. The summed E-state index contributed by atoms with van der Waals surface area (Å²) >= 11 is 0. The SMILES string of the molecule is CNC1CCCCC1CCC1CCCCC1. The van der Waals surface area contributed by atoms with Crippen LogP contribution in [0.2, 0.25) is 0 Å². The summed E-state index contributed by atoms with van der Waals surface area (Å²) in [6.45, 7) is 0. The largest absolute Gasteiger partial charge is 0.317 e. The van der Waals surface area contributed by atoms with Crippen LogP contribution in [0.25, 0.3) is 0 Å². The third kappa shape index (κ3) is 3.48. The van der Waals surface area contributed by atoms with Crippen LogP contribution in [0.5, 0.6) is 0 Å². The summed E-state index contributed by atoms with van der Waals surface area (Å²) in [5, 5.41) is 3.54. The fourth-order valence-electron chi connectivity index (χ4n) is 3.86. The molecule has 1 heteroatoms. The minimum absolute atomic E-state index is 0.831. The average molecular weight is 223 g/mol. The van der Waals surface area contributed by atoms with Crippen molar-refractivity contribution in [2.24, 2.45) is 11.8 Å². The molecule has 2 aliphatic rings. The van der Waals surface area contributed by atoms with E-state index in [0.29, 0.717) is 0 Å². The molecule has 0 saturated heterocycles. The van der Waals surface area contributed by atoms with E-state index in [4.69, 9.17) is 0 Å². The van der Waals surface area contributed by atoms with Crippen LogP contribution in [0.3, 0.4) is 0 Å². The Morgan fingerprint density at radius 3 is 2.25 bits per heavy atom. The van der Waals surface area contributed by atoms with Gasteiger partial charge in [0.1, 0.15) is 0 Å². The molecular weight excluding hydrogens is 194 g/mol. The van der Waals surface area contributed by atoms with Crippen molar-refractivity contribution in [2.45, 2.75) is 76.7 Å². The summed E-state index contributed by atoms with van der Waals surface area (Å²) < 4.78 is 0. The van der Waals surface area contributed by atoms with Gasteiger partial charge >= 0.3 is 0 Å². The molecule has 2 fully saturated rings. The van der Waals surface area contributed by atoms with E-state index >= 15 is 0 Å². The van der Waals surface area contributed by atoms with Crippen molar-refractivity contribution in [3.05, 3.63) is 0 Å². The van der Waals surface area contributed by atoms with Crippen molar-refractivity contribution in [3.8, 4) is 0 Å². The van der Waals surface area contributed by atoms with Gasteiger partial charge in [0.25, 0.3) is 0 Å². The monoisotopic (exact) mass is 223 g/mol. The van der Waals surface area contributed by atoms with Crippen LogP contribution in [0, 0.1) is 11.8 Å². The van der Waals surface area contributed by atoms with E-state index in [2.05, 4.69) is 12.4 Å². The van der Waals surface area contributed by atoms with Crippen molar-refractivity contribution in [2.75, 3.05) is 7.05 Å². The highest BCUT2D eigenvalue weighted by Crippen LogP contribution is 2.33. The molecule has 0 aromatic rings. The third-order valence-electron chi connectivity index (χ3n) is 4.95. The third-order valence-corrected chi connectivity index (χ3v) is 4.95.